The lowest BCUT2D eigenvalue weighted by Crippen LogP contribution is -2.21. The summed E-state index contributed by atoms with van der Waals surface area (Å²) in [5, 5.41) is 3.35. The SMILES string of the molecule is Cc1oc(CNC(C)C)cc1COCCC(C)(C)C. The fourth-order valence-corrected chi connectivity index (χ4v) is 1.68. The van der Waals surface area contributed by atoms with Crippen molar-refractivity contribution in [1.82, 2.24) is 5.32 Å². The van der Waals surface area contributed by atoms with Crippen LogP contribution in [-0.2, 0) is 17.9 Å². The largest absolute Gasteiger partial charge is 0.465 e. The summed E-state index contributed by atoms with van der Waals surface area (Å²) in [5.74, 6) is 1.96. The van der Waals surface area contributed by atoms with Crippen LogP contribution in [0.1, 0.15) is 58.1 Å². The van der Waals surface area contributed by atoms with E-state index >= 15 is 0 Å². The fourth-order valence-electron chi connectivity index (χ4n) is 1.68. The van der Waals surface area contributed by atoms with Crippen LogP contribution in [0.15, 0.2) is 10.5 Å². The molecule has 1 heterocycles. The zero-order valence-electron chi connectivity index (χ0n) is 13.3. The Bertz CT molecular complexity index is 375. The Labute approximate surface area is 117 Å². The maximum absolute atomic E-state index is 5.74. The van der Waals surface area contributed by atoms with Crippen molar-refractivity contribution in [2.24, 2.45) is 5.41 Å². The number of furan rings is 1. The minimum atomic E-state index is 0.331. The van der Waals surface area contributed by atoms with Gasteiger partial charge in [0.05, 0.1) is 13.2 Å². The molecule has 0 spiro atoms. The fraction of sp³-hybridized carbons (Fsp3) is 0.750. The van der Waals surface area contributed by atoms with Crippen LogP contribution in [0.25, 0.3) is 0 Å². The van der Waals surface area contributed by atoms with E-state index in [1.807, 2.05) is 6.92 Å². The molecule has 0 radical (unpaired) electrons. The summed E-state index contributed by atoms with van der Waals surface area (Å²) in [4.78, 5) is 0. The van der Waals surface area contributed by atoms with Gasteiger partial charge in [-0.05, 0) is 24.8 Å². The lowest BCUT2D eigenvalue weighted by atomic mass is 9.93. The Balaban J connectivity index is 2.37. The second-order valence-corrected chi connectivity index (χ2v) is 6.69. The van der Waals surface area contributed by atoms with Crippen molar-refractivity contribution in [3.05, 3.63) is 23.2 Å². The summed E-state index contributed by atoms with van der Waals surface area (Å²) in [6.07, 6.45) is 1.08. The molecule has 3 heteroatoms. The molecule has 3 nitrogen and oxygen atoms in total. The Morgan fingerprint density at radius 1 is 1.32 bits per heavy atom. The third kappa shape index (κ3) is 6.79. The molecule has 0 atom stereocenters. The van der Waals surface area contributed by atoms with Gasteiger partial charge in [-0.1, -0.05) is 34.6 Å². The van der Waals surface area contributed by atoms with Gasteiger partial charge >= 0.3 is 0 Å². The molecule has 19 heavy (non-hydrogen) atoms. The van der Waals surface area contributed by atoms with Crippen LogP contribution in [0.3, 0.4) is 0 Å². The summed E-state index contributed by atoms with van der Waals surface area (Å²) in [6.45, 7) is 15.2. The number of ether oxygens (including phenoxy) is 1. The average Bonchev–Trinajstić information content (AvgIpc) is 2.62. The highest BCUT2D eigenvalue weighted by Crippen LogP contribution is 2.20. The Morgan fingerprint density at radius 3 is 2.58 bits per heavy atom. The molecule has 110 valence electrons. The van der Waals surface area contributed by atoms with Gasteiger partial charge in [0, 0.05) is 18.2 Å². The minimum absolute atomic E-state index is 0.331. The highest BCUT2D eigenvalue weighted by Gasteiger charge is 2.11. The smallest absolute Gasteiger partial charge is 0.118 e. The van der Waals surface area contributed by atoms with E-state index in [1.165, 1.54) is 0 Å². The van der Waals surface area contributed by atoms with Gasteiger partial charge in [0.2, 0.25) is 0 Å². The van der Waals surface area contributed by atoms with E-state index < -0.39 is 0 Å². The standard InChI is InChI=1S/C16H29NO2/c1-12(2)17-10-15-9-14(13(3)19-15)11-18-8-7-16(4,5)6/h9,12,17H,7-8,10-11H2,1-6H3. The summed E-state index contributed by atoms with van der Waals surface area (Å²) in [5.41, 5.74) is 1.49. The quantitative estimate of drug-likeness (QED) is 0.757. The van der Waals surface area contributed by atoms with E-state index in [1.54, 1.807) is 0 Å². The highest BCUT2D eigenvalue weighted by atomic mass is 16.5. The number of rotatable bonds is 7. The van der Waals surface area contributed by atoms with E-state index in [0.29, 0.717) is 18.1 Å². The predicted molar refractivity (Wildman–Crippen MR) is 79.1 cm³/mol. The first-order valence-electron chi connectivity index (χ1n) is 7.17. The summed E-state index contributed by atoms with van der Waals surface area (Å²) in [6, 6.07) is 2.57. The van der Waals surface area contributed by atoms with Crippen LogP contribution in [0.4, 0.5) is 0 Å². The van der Waals surface area contributed by atoms with Crippen molar-refractivity contribution in [3.63, 3.8) is 0 Å². The number of hydrogen-bond donors (Lipinski definition) is 1. The molecule has 0 fully saturated rings. The molecule has 0 aromatic carbocycles. The second-order valence-electron chi connectivity index (χ2n) is 6.69. The molecule has 1 aromatic rings. The van der Waals surface area contributed by atoms with Crippen molar-refractivity contribution < 1.29 is 9.15 Å². The van der Waals surface area contributed by atoms with Crippen LogP contribution in [0.5, 0.6) is 0 Å². The van der Waals surface area contributed by atoms with E-state index in [0.717, 1.165) is 36.7 Å². The first-order valence-corrected chi connectivity index (χ1v) is 7.17. The van der Waals surface area contributed by atoms with Crippen LogP contribution >= 0.6 is 0 Å². The predicted octanol–water partition coefficient (Wildman–Crippen LogP) is 4.04. The maximum atomic E-state index is 5.74. The Hall–Kier alpha value is -0.800. The van der Waals surface area contributed by atoms with Gasteiger partial charge < -0.3 is 14.5 Å². The number of hydrogen-bond acceptors (Lipinski definition) is 3. The second kappa shape index (κ2) is 7.11. The third-order valence-corrected chi connectivity index (χ3v) is 3.01. The van der Waals surface area contributed by atoms with Crippen molar-refractivity contribution >= 4 is 0 Å². The first-order chi connectivity index (χ1) is 8.78. The normalized spacial score (nSPS) is 12.4. The van der Waals surface area contributed by atoms with Crippen LogP contribution in [0, 0.1) is 12.3 Å². The highest BCUT2D eigenvalue weighted by molar-refractivity contribution is 5.19. The number of nitrogens with one attached hydrogen (secondary N) is 1. The third-order valence-electron chi connectivity index (χ3n) is 3.01. The average molecular weight is 267 g/mol. The van der Waals surface area contributed by atoms with Gasteiger partial charge in [-0.3, -0.25) is 0 Å². The molecule has 0 aliphatic heterocycles. The zero-order chi connectivity index (χ0) is 14.5. The topological polar surface area (TPSA) is 34.4 Å². The molecule has 0 saturated carbocycles. The lowest BCUT2D eigenvalue weighted by Gasteiger charge is -2.17. The molecular formula is C16H29NO2. The molecule has 1 aromatic heterocycles. The zero-order valence-corrected chi connectivity index (χ0v) is 13.3. The van der Waals surface area contributed by atoms with Crippen molar-refractivity contribution in [2.45, 2.75) is 67.2 Å². The molecule has 0 bridgehead atoms. The molecule has 1 rings (SSSR count). The molecule has 0 aliphatic rings. The van der Waals surface area contributed by atoms with Gasteiger partial charge in [-0.25, -0.2) is 0 Å². The van der Waals surface area contributed by atoms with Crippen LogP contribution in [-0.4, -0.2) is 12.6 Å². The van der Waals surface area contributed by atoms with Crippen molar-refractivity contribution in [2.75, 3.05) is 6.61 Å². The van der Waals surface area contributed by atoms with Crippen molar-refractivity contribution in [1.29, 1.82) is 0 Å². The van der Waals surface area contributed by atoms with Gasteiger partial charge in [0.25, 0.3) is 0 Å². The van der Waals surface area contributed by atoms with Gasteiger partial charge in [0.15, 0.2) is 0 Å². The number of aryl methyl sites for hydroxylation is 1. The lowest BCUT2D eigenvalue weighted by molar-refractivity contribution is 0.0954. The first kappa shape index (κ1) is 16.3. The maximum Gasteiger partial charge on any atom is 0.118 e. The molecular weight excluding hydrogens is 238 g/mol. The molecule has 0 saturated heterocycles. The Kier molecular flexibility index (Phi) is 6.08. The monoisotopic (exact) mass is 267 g/mol. The van der Waals surface area contributed by atoms with E-state index in [9.17, 15) is 0 Å². The van der Waals surface area contributed by atoms with E-state index in [2.05, 4.69) is 46.0 Å². The van der Waals surface area contributed by atoms with Crippen LogP contribution < -0.4 is 5.32 Å². The van der Waals surface area contributed by atoms with Crippen molar-refractivity contribution in [3.8, 4) is 0 Å². The summed E-state index contributed by atoms with van der Waals surface area (Å²) < 4.78 is 11.5. The van der Waals surface area contributed by atoms with Gasteiger partial charge in [-0.15, -0.1) is 0 Å². The summed E-state index contributed by atoms with van der Waals surface area (Å²) >= 11 is 0. The molecule has 1 N–H and O–H groups in total. The molecule has 0 aliphatic carbocycles. The van der Waals surface area contributed by atoms with E-state index in [4.69, 9.17) is 9.15 Å². The van der Waals surface area contributed by atoms with Gasteiger partial charge in [0.1, 0.15) is 11.5 Å². The van der Waals surface area contributed by atoms with Gasteiger partial charge in [-0.2, -0.15) is 0 Å². The van der Waals surface area contributed by atoms with E-state index in [-0.39, 0.29) is 0 Å². The molecule has 0 unspecified atom stereocenters. The summed E-state index contributed by atoms with van der Waals surface area (Å²) in [7, 11) is 0. The minimum Gasteiger partial charge on any atom is -0.465 e. The Morgan fingerprint density at radius 2 is 2.00 bits per heavy atom. The van der Waals surface area contributed by atoms with Crippen LogP contribution in [0.2, 0.25) is 0 Å². The molecule has 0 amide bonds.